The van der Waals surface area contributed by atoms with Crippen molar-refractivity contribution in [1.29, 1.82) is 0 Å². The van der Waals surface area contributed by atoms with Gasteiger partial charge in [-0.1, -0.05) is 30.3 Å². The van der Waals surface area contributed by atoms with Gasteiger partial charge < -0.3 is 15.0 Å². The topological polar surface area (TPSA) is 112 Å². The third kappa shape index (κ3) is 6.01. The van der Waals surface area contributed by atoms with E-state index in [1.807, 2.05) is 66.7 Å². The predicted octanol–water partition coefficient (Wildman–Crippen LogP) is 7.70. The number of fused-ring (bicyclic) bond motifs is 2. The van der Waals surface area contributed by atoms with Gasteiger partial charge >= 0.3 is 0 Å². The molecule has 5 heterocycles. The van der Waals surface area contributed by atoms with Gasteiger partial charge in [0.25, 0.3) is 5.91 Å². The molecule has 48 heavy (non-hydrogen) atoms. The first-order valence-corrected chi connectivity index (χ1v) is 16.0. The number of rotatable bonds is 9. The Morgan fingerprint density at radius 2 is 1.77 bits per heavy atom. The summed E-state index contributed by atoms with van der Waals surface area (Å²) in [6, 6.07) is 27.5. The quantitative estimate of drug-likeness (QED) is 0.150. The van der Waals surface area contributed by atoms with Crippen molar-refractivity contribution in [3.8, 4) is 39.5 Å². The first-order chi connectivity index (χ1) is 23.6. The number of ether oxygens (including phenoxy) is 1. The van der Waals surface area contributed by atoms with Gasteiger partial charge in [-0.15, -0.1) is 0 Å². The largest absolute Gasteiger partial charge is 0.492 e. The highest BCUT2D eigenvalue weighted by molar-refractivity contribution is 6.04. The number of nitrogens with one attached hydrogen (secondary N) is 3. The average Bonchev–Trinajstić information content (AvgIpc) is 3.88. The molecule has 4 aromatic heterocycles. The fraction of sp³-hybridized carbons (Fsp3) is 0.158. The Morgan fingerprint density at radius 1 is 0.896 bits per heavy atom. The Kier molecular flexibility index (Phi) is 7.83. The molecule has 0 spiro atoms. The monoisotopic (exact) mass is 637 g/mol. The first kappa shape index (κ1) is 29.5. The molecule has 3 aromatic carbocycles. The molecule has 7 aromatic rings. The molecule has 0 unspecified atom stereocenters. The maximum Gasteiger partial charge on any atom is 0.255 e. The summed E-state index contributed by atoms with van der Waals surface area (Å²) in [5.41, 5.74) is 7.95. The number of carbonyl (C=O) groups excluding carboxylic acids is 1. The van der Waals surface area contributed by atoms with E-state index in [1.54, 1.807) is 24.5 Å². The van der Waals surface area contributed by atoms with Crippen LogP contribution in [0.1, 0.15) is 23.2 Å². The minimum Gasteiger partial charge on any atom is -0.492 e. The molecule has 8 rings (SSSR count). The average molecular weight is 638 g/mol. The molecular formula is C38H32FN7O2. The number of benzene rings is 3. The summed E-state index contributed by atoms with van der Waals surface area (Å²) in [6.07, 6.45) is 5.76. The summed E-state index contributed by atoms with van der Waals surface area (Å²) in [7, 11) is 0. The molecule has 1 aliphatic heterocycles. The van der Waals surface area contributed by atoms with E-state index in [0.717, 1.165) is 58.4 Å². The number of aromatic amines is 2. The molecule has 238 valence electrons. The number of anilines is 1. The number of nitrogens with zero attached hydrogens (tertiary/aromatic N) is 4. The molecule has 0 saturated carbocycles. The number of pyridine rings is 2. The fourth-order valence-electron chi connectivity index (χ4n) is 6.32. The Balaban J connectivity index is 1.08. The summed E-state index contributed by atoms with van der Waals surface area (Å²) in [6.45, 7) is 3.54. The number of amides is 1. The van der Waals surface area contributed by atoms with Crippen molar-refractivity contribution in [2.75, 3.05) is 31.6 Å². The van der Waals surface area contributed by atoms with E-state index >= 15 is 0 Å². The second-order valence-corrected chi connectivity index (χ2v) is 12.0. The maximum atomic E-state index is 14.8. The van der Waals surface area contributed by atoms with Gasteiger partial charge in [-0.05, 0) is 91.7 Å². The molecule has 10 heteroatoms. The van der Waals surface area contributed by atoms with Gasteiger partial charge in [0.15, 0.2) is 0 Å². The van der Waals surface area contributed by atoms with Crippen LogP contribution >= 0.6 is 0 Å². The lowest BCUT2D eigenvalue weighted by atomic mass is 10.0. The second-order valence-electron chi connectivity index (χ2n) is 12.0. The van der Waals surface area contributed by atoms with Crippen molar-refractivity contribution in [2.24, 2.45) is 0 Å². The lowest BCUT2D eigenvalue weighted by molar-refractivity contribution is 0.102. The third-order valence-corrected chi connectivity index (χ3v) is 8.71. The van der Waals surface area contributed by atoms with E-state index in [4.69, 9.17) is 9.72 Å². The molecule has 1 saturated heterocycles. The van der Waals surface area contributed by atoms with Crippen LogP contribution in [-0.2, 0) is 0 Å². The number of hydrogen-bond acceptors (Lipinski definition) is 6. The Labute approximate surface area is 275 Å². The summed E-state index contributed by atoms with van der Waals surface area (Å²) in [5.74, 6) is -0.0393. The van der Waals surface area contributed by atoms with E-state index in [2.05, 4.69) is 30.4 Å². The van der Waals surface area contributed by atoms with Crippen LogP contribution in [0.4, 0.5) is 10.1 Å². The van der Waals surface area contributed by atoms with Gasteiger partial charge in [0.1, 0.15) is 29.4 Å². The lowest BCUT2D eigenvalue weighted by Crippen LogP contribution is -2.25. The van der Waals surface area contributed by atoms with Crippen molar-refractivity contribution < 1.29 is 13.9 Å². The number of halogens is 1. The number of H-pyrrole nitrogens is 2. The molecule has 0 radical (unpaired) electrons. The Bertz CT molecular complexity index is 2260. The van der Waals surface area contributed by atoms with E-state index < -0.39 is 0 Å². The molecule has 0 atom stereocenters. The van der Waals surface area contributed by atoms with E-state index in [-0.39, 0.29) is 11.7 Å². The number of carbonyl (C=O) groups is 1. The van der Waals surface area contributed by atoms with Crippen molar-refractivity contribution in [3.63, 3.8) is 0 Å². The van der Waals surface area contributed by atoms with Gasteiger partial charge in [0, 0.05) is 40.8 Å². The van der Waals surface area contributed by atoms with E-state index in [9.17, 15) is 9.18 Å². The van der Waals surface area contributed by atoms with Crippen LogP contribution in [0.3, 0.4) is 0 Å². The van der Waals surface area contributed by atoms with Crippen LogP contribution in [0.5, 0.6) is 5.75 Å². The highest BCUT2D eigenvalue weighted by atomic mass is 19.1. The normalized spacial score (nSPS) is 13.4. The summed E-state index contributed by atoms with van der Waals surface area (Å²) in [4.78, 5) is 27.9. The summed E-state index contributed by atoms with van der Waals surface area (Å²) >= 11 is 0. The van der Waals surface area contributed by atoms with Gasteiger partial charge in [0.2, 0.25) is 0 Å². The molecule has 1 fully saturated rings. The molecule has 1 amide bonds. The fourth-order valence-corrected chi connectivity index (χ4v) is 6.32. The first-order valence-electron chi connectivity index (χ1n) is 16.0. The molecule has 1 aliphatic rings. The summed E-state index contributed by atoms with van der Waals surface area (Å²) in [5, 5.41) is 11.5. The maximum absolute atomic E-state index is 14.8. The molecule has 0 bridgehead atoms. The van der Waals surface area contributed by atoms with Crippen LogP contribution in [0, 0.1) is 5.82 Å². The van der Waals surface area contributed by atoms with Gasteiger partial charge in [0.05, 0.1) is 28.8 Å². The van der Waals surface area contributed by atoms with Crippen LogP contribution in [0.15, 0.2) is 103 Å². The number of hydrogen-bond donors (Lipinski definition) is 3. The van der Waals surface area contributed by atoms with Crippen molar-refractivity contribution in [3.05, 3.63) is 115 Å². The van der Waals surface area contributed by atoms with Crippen molar-refractivity contribution in [1.82, 2.24) is 30.0 Å². The highest BCUT2D eigenvalue weighted by Crippen LogP contribution is 2.36. The standard InChI is InChI=1S/C38H32FN7O2/c39-27-17-25(19-29(20-27)48-16-15-46-13-4-5-14-46)30-9-6-10-33-31(30)21-35(42-33)37-36-34(44-45-37)12-11-32(43-36)26-18-28(23-40-22-26)41-38(47)24-7-2-1-3-8-24/h1-3,6-12,17-23,42H,4-5,13-16H2,(H,41,47)(H,44,45). The van der Waals surface area contributed by atoms with Crippen LogP contribution < -0.4 is 10.1 Å². The zero-order valence-electron chi connectivity index (χ0n) is 26.0. The van der Waals surface area contributed by atoms with Crippen molar-refractivity contribution in [2.45, 2.75) is 12.8 Å². The molecule has 9 nitrogen and oxygen atoms in total. The SMILES string of the molecule is O=C(Nc1cncc(-c2ccc3[nH]nc(-c4cc5c(-c6cc(F)cc(OCCN7CCCC7)c6)cccc5[nH]4)c3n2)c1)c1ccccc1. The smallest absolute Gasteiger partial charge is 0.255 e. The number of likely N-dealkylation sites (tertiary alicyclic amines) is 1. The molecule has 3 N–H and O–H groups in total. The minimum atomic E-state index is -0.343. The Morgan fingerprint density at radius 3 is 2.65 bits per heavy atom. The lowest BCUT2D eigenvalue weighted by Gasteiger charge is -2.15. The van der Waals surface area contributed by atoms with Crippen LogP contribution in [0.2, 0.25) is 0 Å². The van der Waals surface area contributed by atoms with Gasteiger partial charge in [-0.2, -0.15) is 5.10 Å². The van der Waals surface area contributed by atoms with Gasteiger partial charge in [-0.25, -0.2) is 9.37 Å². The predicted molar refractivity (Wildman–Crippen MR) is 185 cm³/mol. The number of aromatic nitrogens is 5. The van der Waals surface area contributed by atoms with Crippen molar-refractivity contribution >= 4 is 33.5 Å². The zero-order chi connectivity index (χ0) is 32.5. The molecule has 0 aliphatic carbocycles. The van der Waals surface area contributed by atoms with Gasteiger partial charge in [-0.3, -0.25) is 19.8 Å². The highest BCUT2D eigenvalue weighted by Gasteiger charge is 2.17. The zero-order valence-corrected chi connectivity index (χ0v) is 26.0. The van der Waals surface area contributed by atoms with Crippen LogP contribution in [-0.4, -0.2) is 62.2 Å². The Hall–Kier alpha value is -5.87. The van der Waals surface area contributed by atoms with Crippen LogP contribution in [0.25, 0.3) is 55.7 Å². The van der Waals surface area contributed by atoms with E-state index in [1.165, 1.54) is 25.0 Å². The second kappa shape index (κ2) is 12.7. The summed E-state index contributed by atoms with van der Waals surface area (Å²) < 4.78 is 20.8. The third-order valence-electron chi connectivity index (χ3n) is 8.71. The molecular weight excluding hydrogens is 605 g/mol. The minimum absolute atomic E-state index is 0.215. The van der Waals surface area contributed by atoms with E-state index in [0.29, 0.717) is 40.5 Å².